The molecule has 0 atom stereocenters. The number of nitrogens with zero attached hydrogens (tertiary/aromatic N) is 3. The summed E-state index contributed by atoms with van der Waals surface area (Å²) < 4.78 is 0. The number of aromatic nitrogens is 2. The Morgan fingerprint density at radius 2 is 1.69 bits per heavy atom. The van der Waals surface area contributed by atoms with Crippen molar-refractivity contribution in [1.29, 1.82) is 0 Å². The van der Waals surface area contributed by atoms with Crippen LogP contribution in [0.1, 0.15) is 76.1 Å². The number of hydrogen-bond acceptors (Lipinski definition) is 5. The van der Waals surface area contributed by atoms with Gasteiger partial charge in [-0.2, -0.15) is 0 Å². The summed E-state index contributed by atoms with van der Waals surface area (Å²) in [4.78, 5) is 25.4. The predicted octanol–water partition coefficient (Wildman–Crippen LogP) is 6.48. The highest BCUT2D eigenvalue weighted by Gasteiger charge is 2.26. The van der Waals surface area contributed by atoms with Crippen molar-refractivity contribution < 1.29 is 9.90 Å². The van der Waals surface area contributed by atoms with Gasteiger partial charge in [0, 0.05) is 43.4 Å². The quantitative estimate of drug-likeness (QED) is 0.367. The molecule has 1 aromatic carbocycles. The first kappa shape index (κ1) is 27.6. The fraction of sp³-hybridized carbons (Fsp3) is 0.545. The number of benzene rings is 1. The van der Waals surface area contributed by atoms with Gasteiger partial charge in [-0.15, -0.1) is 0 Å². The molecule has 2 N–H and O–H groups in total. The van der Waals surface area contributed by atoms with Gasteiger partial charge in [0.1, 0.15) is 5.82 Å². The normalized spacial score (nSPS) is 20.8. The Labute approximate surface area is 233 Å². The number of para-hydroxylation sites is 1. The summed E-state index contributed by atoms with van der Waals surface area (Å²) in [6, 6.07) is 13.9. The van der Waals surface area contributed by atoms with Gasteiger partial charge in [0.15, 0.2) is 0 Å². The van der Waals surface area contributed by atoms with Crippen molar-refractivity contribution in [2.24, 2.45) is 23.2 Å². The molecule has 0 unspecified atom stereocenters. The second-order valence-electron chi connectivity index (χ2n) is 13.0. The molecule has 1 amide bonds. The maximum atomic E-state index is 13.5. The van der Waals surface area contributed by atoms with Crippen LogP contribution in [0.5, 0.6) is 0 Å². The minimum Gasteiger partial charge on any atom is -0.396 e. The van der Waals surface area contributed by atoms with E-state index in [1.807, 2.05) is 42.6 Å². The smallest absolute Gasteiger partial charge is 0.252 e. The van der Waals surface area contributed by atoms with Crippen molar-refractivity contribution in [2.45, 2.75) is 65.7 Å². The maximum Gasteiger partial charge on any atom is 0.252 e. The number of piperidine rings is 1. The number of anilines is 1. The Kier molecular flexibility index (Phi) is 8.51. The molecule has 208 valence electrons. The van der Waals surface area contributed by atoms with E-state index in [0.29, 0.717) is 22.8 Å². The van der Waals surface area contributed by atoms with Gasteiger partial charge in [0.2, 0.25) is 0 Å². The van der Waals surface area contributed by atoms with Crippen molar-refractivity contribution >= 4 is 22.6 Å². The minimum atomic E-state index is -0.0250. The molecule has 3 aromatic rings. The summed E-state index contributed by atoms with van der Waals surface area (Å²) in [6.45, 7) is 9.82. The van der Waals surface area contributed by atoms with Gasteiger partial charge < -0.3 is 15.3 Å². The zero-order valence-corrected chi connectivity index (χ0v) is 23.8. The van der Waals surface area contributed by atoms with Crippen LogP contribution in [0, 0.1) is 23.2 Å². The molecular weight excluding hydrogens is 484 g/mol. The summed E-state index contributed by atoms with van der Waals surface area (Å²) in [6.07, 6.45) is 10.0. The molecule has 1 aliphatic carbocycles. The van der Waals surface area contributed by atoms with Crippen LogP contribution in [0.4, 0.5) is 5.82 Å². The summed E-state index contributed by atoms with van der Waals surface area (Å²) in [7, 11) is 0. The molecular formula is C33H44N4O2. The molecule has 6 nitrogen and oxygen atoms in total. The molecule has 2 aliphatic rings. The number of hydrogen-bond donors (Lipinski definition) is 2. The van der Waals surface area contributed by atoms with Crippen LogP contribution in [-0.2, 0) is 0 Å². The molecule has 1 aliphatic heterocycles. The fourth-order valence-electron chi connectivity index (χ4n) is 6.42. The number of nitrogens with one attached hydrogen (secondary N) is 1. The zero-order valence-electron chi connectivity index (χ0n) is 23.8. The third-order valence-corrected chi connectivity index (χ3v) is 8.62. The van der Waals surface area contributed by atoms with Crippen LogP contribution in [-0.4, -0.2) is 47.2 Å². The van der Waals surface area contributed by atoms with E-state index in [2.05, 4.69) is 37.1 Å². The van der Waals surface area contributed by atoms with Gasteiger partial charge in [0.05, 0.1) is 16.8 Å². The number of carbonyl (C=O) groups is 1. The molecule has 1 saturated carbocycles. The second-order valence-corrected chi connectivity index (χ2v) is 13.0. The van der Waals surface area contributed by atoms with Gasteiger partial charge in [-0.05, 0) is 79.5 Å². The SMILES string of the molecule is CC(C)(C)CC1CCC(CNC(=O)c2cc(-c3ccc(N4CCC(CO)CC4)nc3)nc3ccccc23)CC1. The molecule has 2 aromatic heterocycles. The zero-order chi connectivity index (χ0) is 27.4. The van der Waals surface area contributed by atoms with Crippen LogP contribution >= 0.6 is 0 Å². The lowest BCUT2D eigenvalue weighted by Gasteiger charge is -2.32. The molecule has 3 heterocycles. The average molecular weight is 529 g/mol. The molecule has 0 radical (unpaired) electrons. The third-order valence-electron chi connectivity index (χ3n) is 8.62. The third kappa shape index (κ3) is 6.96. The Bertz CT molecular complexity index is 1250. The standard InChI is InChI=1S/C33H44N4O2/c1-33(2,3)19-23-8-10-24(11-9-23)20-35-32(39)28-18-30(36-29-7-5-4-6-27(28)29)26-12-13-31(34-21-26)37-16-14-25(22-38)15-17-37/h4-7,12-13,18,21,23-25,38H,8-11,14-17,19-20,22H2,1-3H3,(H,35,39). The molecule has 39 heavy (non-hydrogen) atoms. The highest BCUT2D eigenvalue weighted by Crippen LogP contribution is 2.36. The summed E-state index contributed by atoms with van der Waals surface area (Å²) >= 11 is 0. The molecule has 5 rings (SSSR count). The Morgan fingerprint density at radius 1 is 0.974 bits per heavy atom. The second kappa shape index (κ2) is 12.0. The lowest BCUT2D eigenvalue weighted by Crippen LogP contribution is -2.35. The summed E-state index contributed by atoms with van der Waals surface area (Å²) in [5, 5.41) is 13.6. The van der Waals surface area contributed by atoms with E-state index in [1.54, 1.807) is 0 Å². The molecule has 1 saturated heterocycles. The predicted molar refractivity (Wildman–Crippen MR) is 159 cm³/mol. The van der Waals surface area contributed by atoms with Crippen molar-refractivity contribution in [3.8, 4) is 11.3 Å². The Morgan fingerprint density at radius 3 is 2.36 bits per heavy atom. The first-order chi connectivity index (χ1) is 18.8. The van der Waals surface area contributed by atoms with Gasteiger partial charge >= 0.3 is 0 Å². The van der Waals surface area contributed by atoms with Crippen LogP contribution in [0.3, 0.4) is 0 Å². The van der Waals surface area contributed by atoms with Crippen molar-refractivity contribution in [2.75, 3.05) is 31.1 Å². The van der Waals surface area contributed by atoms with E-state index in [-0.39, 0.29) is 12.5 Å². The lowest BCUT2D eigenvalue weighted by molar-refractivity contribution is 0.0941. The van der Waals surface area contributed by atoms with Crippen LogP contribution in [0.2, 0.25) is 0 Å². The molecule has 0 bridgehead atoms. The van der Waals surface area contributed by atoms with Gasteiger partial charge in [-0.3, -0.25) is 4.79 Å². The van der Waals surface area contributed by atoms with E-state index in [1.165, 1.54) is 32.1 Å². The molecule has 0 spiro atoms. The monoisotopic (exact) mass is 528 g/mol. The largest absolute Gasteiger partial charge is 0.396 e. The maximum absolute atomic E-state index is 13.5. The first-order valence-electron chi connectivity index (χ1n) is 14.8. The lowest BCUT2D eigenvalue weighted by atomic mass is 9.74. The van der Waals surface area contributed by atoms with E-state index in [4.69, 9.17) is 9.97 Å². The van der Waals surface area contributed by atoms with E-state index < -0.39 is 0 Å². The molecule has 2 fully saturated rings. The Balaban J connectivity index is 1.27. The molecule has 6 heteroatoms. The van der Waals surface area contributed by atoms with Gasteiger partial charge in [0.25, 0.3) is 5.91 Å². The number of aliphatic hydroxyl groups excluding tert-OH is 1. The first-order valence-corrected chi connectivity index (χ1v) is 14.8. The number of fused-ring (bicyclic) bond motifs is 1. The van der Waals surface area contributed by atoms with Crippen LogP contribution in [0.15, 0.2) is 48.7 Å². The number of carbonyl (C=O) groups excluding carboxylic acids is 1. The number of amides is 1. The van der Waals surface area contributed by atoms with Gasteiger partial charge in [-0.25, -0.2) is 9.97 Å². The number of pyridine rings is 2. The van der Waals surface area contributed by atoms with Gasteiger partial charge in [-0.1, -0.05) is 51.8 Å². The van der Waals surface area contributed by atoms with E-state index in [9.17, 15) is 9.90 Å². The number of rotatable bonds is 7. The summed E-state index contributed by atoms with van der Waals surface area (Å²) in [5.41, 5.74) is 3.55. The highest BCUT2D eigenvalue weighted by atomic mass is 16.3. The Hall–Kier alpha value is -2.99. The topological polar surface area (TPSA) is 78.4 Å². The number of aliphatic hydroxyl groups is 1. The van der Waals surface area contributed by atoms with Crippen molar-refractivity contribution in [1.82, 2.24) is 15.3 Å². The highest BCUT2D eigenvalue weighted by molar-refractivity contribution is 6.07. The fourth-order valence-corrected chi connectivity index (χ4v) is 6.42. The van der Waals surface area contributed by atoms with Crippen molar-refractivity contribution in [3.63, 3.8) is 0 Å². The van der Waals surface area contributed by atoms with E-state index >= 15 is 0 Å². The van der Waals surface area contributed by atoms with E-state index in [0.717, 1.165) is 66.4 Å². The minimum absolute atomic E-state index is 0.0250. The van der Waals surface area contributed by atoms with Crippen LogP contribution < -0.4 is 10.2 Å². The summed E-state index contributed by atoms with van der Waals surface area (Å²) in [5.74, 6) is 2.69. The average Bonchev–Trinajstić information content (AvgIpc) is 2.95. The van der Waals surface area contributed by atoms with Crippen LogP contribution in [0.25, 0.3) is 22.2 Å². The van der Waals surface area contributed by atoms with Crippen molar-refractivity contribution in [3.05, 3.63) is 54.2 Å².